The van der Waals surface area contributed by atoms with Gasteiger partial charge in [0.1, 0.15) is 0 Å². The Morgan fingerprint density at radius 2 is 1.75 bits per heavy atom. The van der Waals surface area contributed by atoms with Gasteiger partial charge in [0.2, 0.25) is 11.9 Å². The molecule has 1 N–H and O–H groups in total. The number of hydrogen-bond acceptors (Lipinski definition) is 5. The maximum absolute atomic E-state index is 12.3. The molecule has 0 aliphatic carbocycles. The summed E-state index contributed by atoms with van der Waals surface area (Å²) in [7, 11) is 0. The molecule has 6 heteroatoms. The van der Waals surface area contributed by atoms with Crippen LogP contribution >= 0.6 is 0 Å². The third-order valence-corrected chi connectivity index (χ3v) is 4.25. The number of carbonyl (C=O) groups is 1. The van der Waals surface area contributed by atoms with Gasteiger partial charge < -0.3 is 10.2 Å². The van der Waals surface area contributed by atoms with Crippen molar-refractivity contribution in [1.29, 1.82) is 0 Å². The Morgan fingerprint density at radius 1 is 1.08 bits per heavy atom. The number of nitrogens with one attached hydrogen (secondary N) is 1. The van der Waals surface area contributed by atoms with E-state index in [-0.39, 0.29) is 11.9 Å². The van der Waals surface area contributed by atoms with Gasteiger partial charge in [0.25, 0.3) is 0 Å². The van der Waals surface area contributed by atoms with Crippen LogP contribution < -0.4 is 10.2 Å². The Balaban J connectivity index is 1.45. The van der Waals surface area contributed by atoms with Crippen LogP contribution in [0.15, 0.2) is 48.8 Å². The molecular formula is C18H23N5O. The zero-order valence-electron chi connectivity index (χ0n) is 13.9. The Bertz CT molecular complexity index is 641. The Morgan fingerprint density at radius 3 is 2.42 bits per heavy atom. The molecule has 0 saturated carbocycles. The highest BCUT2D eigenvalue weighted by Gasteiger charge is 2.21. The molecule has 6 nitrogen and oxygen atoms in total. The summed E-state index contributed by atoms with van der Waals surface area (Å²) in [5.41, 5.74) is 1.12. The van der Waals surface area contributed by atoms with E-state index in [9.17, 15) is 4.79 Å². The molecule has 1 aliphatic heterocycles. The highest BCUT2D eigenvalue weighted by Crippen LogP contribution is 2.12. The van der Waals surface area contributed by atoms with Crippen molar-refractivity contribution in [2.75, 3.05) is 37.6 Å². The van der Waals surface area contributed by atoms with Crippen LogP contribution in [0.1, 0.15) is 18.5 Å². The monoisotopic (exact) mass is 325 g/mol. The van der Waals surface area contributed by atoms with E-state index < -0.39 is 0 Å². The molecule has 126 valence electrons. The van der Waals surface area contributed by atoms with Crippen LogP contribution in [0.2, 0.25) is 0 Å². The Kier molecular flexibility index (Phi) is 5.38. The van der Waals surface area contributed by atoms with Crippen molar-refractivity contribution in [2.45, 2.75) is 13.0 Å². The van der Waals surface area contributed by atoms with E-state index >= 15 is 0 Å². The zero-order valence-corrected chi connectivity index (χ0v) is 13.9. The number of nitrogens with zero attached hydrogens (tertiary/aromatic N) is 4. The van der Waals surface area contributed by atoms with Gasteiger partial charge in [-0.3, -0.25) is 9.69 Å². The van der Waals surface area contributed by atoms with E-state index in [2.05, 4.69) is 25.1 Å². The minimum atomic E-state index is 0.0257. The predicted octanol–water partition coefficient (Wildman–Crippen LogP) is 1.48. The van der Waals surface area contributed by atoms with E-state index in [0.29, 0.717) is 6.54 Å². The van der Waals surface area contributed by atoms with Gasteiger partial charge in [-0.05, 0) is 18.6 Å². The van der Waals surface area contributed by atoms with Crippen molar-refractivity contribution < 1.29 is 4.79 Å². The lowest BCUT2D eigenvalue weighted by molar-refractivity contribution is -0.123. The fraction of sp³-hybridized carbons (Fsp3) is 0.389. The van der Waals surface area contributed by atoms with Crippen LogP contribution in [0.4, 0.5) is 5.95 Å². The van der Waals surface area contributed by atoms with Gasteiger partial charge >= 0.3 is 0 Å². The quantitative estimate of drug-likeness (QED) is 0.902. The van der Waals surface area contributed by atoms with Gasteiger partial charge in [-0.15, -0.1) is 0 Å². The second-order valence-corrected chi connectivity index (χ2v) is 6.01. The molecule has 1 saturated heterocycles. The maximum Gasteiger partial charge on any atom is 0.234 e. The topological polar surface area (TPSA) is 61.4 Å². The third-order valence-electron chi connectivity index (χ3n) is 4.25. The molecule has 1 atom stereocenters. The molecule has 0 unspecified atom stereocenters. The standard InChI is InChI=1S/C18H23N5O/c1-15(16-6-3-2-4-7-16)21-17(24)14-22-10-12-23(13-11-22)18-19-8-5-9-20-18/h2-9,15H,10-14H2,1H3,(H,21,24)/t15-/m1/s1. The molecule has 24 heavy (non-hydrogen) atoms. The molecule has 1 aliphatic rings. The number of anilines is 1. The Hall–Kier alpha value is -2.47. The smallest absolute Gasteiger partial charge is 0.234 e. The highest BCUT2D eigenvalue weighted by atomic mass is 16.2. The van der Waals surface area contributed by atoms with Crippen LogP contribution in [0.3, 0.4) is 0 Å². The molecule has 1 aromatic heterocycles. The average molecular weight is 325 g/mol. The number of aromatic nitrogens is 2. The maximum atomic E-state index is 12.3. The first-order valence-electron chi connectivity index (χ1n) is 8.31. The first-order chi connectivity index (χ1) is 11.7. The minimum Gasteiger partial charge on any atom is -0.348 e. The fourth-order valence-corrected chi connectivity index (χ4v) is 2.88. The summed E-state index contributed by atoms with van der Waals surface area (Å²) in [6.07, 6.45) is 3.51. The van der Waals surface area contributed by atoms with E-state index in [1.54, 1.807) is 12.4 Å². The normalized spacial score (nSPS) is 16.6. The zero-order chi connectivity index (χ0) is 16.8. The van der Waals surface area contributed by atoms with Gasteiger partial charge in [-0.2, -0.15) is 0 Å². The van der Waals surface area contributed by atoms with Crippen molar-refractivity contribution in [3.05, 3.63) is 54.4 Å². The van der Waals surface area contributed by atoms with Crippen molar-refractivity contribution in [3.8, 4) is 0 Å². The van der Waals surface area contributed by atoms with Gasteiger partial charge in [0, 0.05) is 38.6 Å². The van der Waals surface area contributed by atoms with Crippen molar-refractivity contribution in [2.24, 2.45) is 0 Å². The Labute approximate surface area is 142 Å². The first kappa shape index (κ1) is 16.4. The summed E-state index contributed by atoms with van der Waals surface area (Å²) < 4.78 is 0. The number of carbonyl (C=O) groups excluding carboxylic acids is 1. The molecule has 0 radical (unpaired) electrons. The molecule has 0 spiro atoms. The molecule has 1 aromatic carbocycles. The van der Waals surface area contributed by atoms with Gasteiger partial charge in [0.15, 0.2) is 0 Å². The van der Waals surface area contributed by atoms with E-state index in [1.165, 1.54) is 0 Å². The summed E-state index contributed by atoms with van der Waals surface area (Å²) in [6, 6.07) is 11.9. The minimum absolute atomic E-state index is 0.0257. The second-order valence-electron chi connectivity index (χ2n) is 6.01. The summed E-state index contributed by atoms with van der Waals surface area (Å²) in [6.45, 7) is 5.80. The summed E-state index contributed by atoms with van der Waals surface area (Å²) in [5.74, 6) is 0.829. The number of rotatable bonds is 5. The van der Waals surface area contributed by atoms with Gasteiger partial charge in [-0.1, -0.05) is 30.3 Å². The van der Waals surface area contributed by atoms with Crippen LogP contribution in [-0.2, 0) is 4.79 Å². The van der Waals surface area contributed by atoms with E-state index in [4.69, 9.17) is 0 Å². The summed E-state index contributed by atoms with van der Waals surface area (Å²) in [5, 5.41) is 3.07. The lowest BCUT2D eigenvalue weighted by atomic mass is 10.1. The SMILES string of the molecule is C[C@@H](NC(=O)CN1CCN(c2ncccn2)CC1)c1ccccc1. The number of hydrogen-bond donors (Lipinski definition) is 1. The number of amides is 1. The average Bonchev–Trinajstić information content (AvgIpc) is 2.64. The molecule has 2 aromatic rings. The molecule has 0 bridgehead atoms. The second kappa shape index (κ2) is 7.88. The number of benzene rings is 1. The van der Waals surface area contributed by atoms with Crippen LogP contribution in [0, 0.1) is 0 Å². The van der Waals surface area contributed by atoms with Crippen LogP contribution in [-0.4, -0.2) is 53.5 Å². The first-order valence-corrected chi connectivity index (χ1v) is 8.31. The molecular weight excluding hydrogens is 302 g/mol. The third kappa shape index (κ3) is 4.29. The fourth-order valence-electron chi connectivity index (χ4n) is 2.88. The van der Waals surface area contributed by atoms with Crippen molar-refractivity contribution in [3.63, 3.8) is 0 Å². The molecule has 1 amide bonds. The summed E-state index contributed by atoms with van der Waals surface area (Å²) >= 11 is 0. The lowest BCUT2D eigenvalue weighted by Gasteiger charge is -2.34. The van der Waals surface area contributed by atoms with Crippen LogP contribution in [0.5, 0.6) is 0 Å². The lowest BCUT2D eigenvalue weighted by Crippen LogP contribution is -2.50. The predicted molar refractivity (Wildman–Crippen MR) is 93.7 cm³/mol. The van der Waals surface area contributed by atoms with E-state index in [0.717, 1.165) is 37.7 Å². The van der Waals surface area contributed by atoms with Crippen molar-refractivity contribution >= 4 is 11.9 Å². The van der Waals surface area contributed by atoms with Crippen LogP contribution in [0.25, 0.3) is 0 Å². The molecule has 3 rings (SSSR count). The summed E-state index contributed by atoms with van der Waals surface area (Å²) in [4.78, 5) is 25.1. The van der Waals surface area contributed by atoms with Gasteiger partial charge in [-0.25, -0.2) is 9.97 Å². The van der Waals surface area contributed by atoms with Gasteiger partial charge in [0.05, 0.1) is 12.6 Å². The van der Waals surface area contributed by atoms with Crippen molar-refractivity contribution in [1.82, 2.24) is 20.2 Å². The highest BCUT2D eigenvalue weighted by molar-refractivity contribution is 5.78. The van der Waals surface area contributed by atoms with E-state index in [1.807, 2.05) is 43.3 Å². The molecule has 2 heterocycles. The molecule has 1 fully saturated rings. The number of piperazine rings is 1. The largest absolute Gasteiger partial charge is 0.348 e.